The summed E-state index contributed by atoms with van der Waals surface area (Å²) in [6.07, 6.45) is 4.48. The average Bonchev–Trinajstić information content (AvgIpc) is 2.80. The van der Waals surface area contributed by atoms with E-state index >= 15 is 0 Å². The van der Waals surface area contributed by atoms with Crippen LogP contribution in [0, 0.1) is 0 Å². The van der Waals surface area contributed by atoms with E-state index in [2.05, 4.69) is 9.97 Å². The second kappa shape index (κ2) is 8.52. The summed E-state index contributed by atoms with van der Waals surface area (Å²) in [5.74, 6) is 1.09. The maximum Gasteiger partial charge on any atom is 0.274 e. The monoisotopic (exact) mass is 388 g/mol. The summed E-state index contributed by atoms with van der Waals surface area (Å²) in [6, 6.07) is 16.6. The van der Waals surface area contributed by atoms with Crippen molar-refractivity contribution < 1.29 is 14.3 Å². The molecule has 0 saturated carbocycles. The van der Waals surface area contributed by atoms with Gasteiger partial charge in [-0.05, 0) is 30.3 Å². The van der Waals surface area contributed by atoms with Crippen LogP contribution in [-0.4, -0.2) is 57.8 Å². The minimum atomic E-state index is -0.163. The van der Waals surface area contributed by atoms with Crippen molar-refractivity contribution in [3.63, 3.8) is 0 Å². The number of carbonyl (C=O) groups is 2. The molecule has 0 radical (unpaired) electrons. The molecule has 4 rings (SSSR count). The molecule has 1 fully saturated rings. The maximum atomic E-state index is 12.9. The predicted molar refractivity (Wildman–Crippen MR) is 107 cm³/mol. The normalized spacial score (nSPS) is 13.8. The third-order valence-electron chi connectivity index (χ3n) is 4.70. The van der Waals surface area contributed by atoms with Crippen molar-refractivity contribution in [3.8, 4) is 11.5 Å². The highest BCUT2D eigenvalue weighted by Crippen LogP contribution is 2.22. The van der Waals surface area contributed by atoms with Crippen molar-refractivity contribution in [1.82, 2.24) is 19.8 Å². The molecule has 0 N–H and O–H groups in total. The molecule has 1 aromatic heterocycles. The van der Waals surface area contributed by atoms with E-state index in [4.69, 9.17) is 4.74 Å². The van der Waals surface area contributed by atoms with Gasteiger partial charge in [0.2, 0.25) is 0 Å². The van der Waals surface area contributed by atoms with Gasteiger partial charge in [0.05, 0.1) is 6.20 Å². The lowest BCUT2D eigenvalue weighted by Gasteiger charge is -2.34. The van der Waals surface area contributed by atoms with Crippen molar-refractivity contribution in [2.45, 2.75) is 0 Å². The zero-order chi connectivity index (χ0) is 20.1. The summed E-state index contributed by atoms with van der Waals surface area (Å²) in [5, 5.41) is 0. The summed E-state index contributed by atoms with van der Waals surface area (Å²) in [7, 11) is 0. The lowest BCUT2D eigenvalue weighted by Crippen LogP contribution is -2.50. The van der Waals surface area contributed by atoms with Gasteiger partial charge in [-0.1, -0.05) is 24.3 Å². The summed E-state index contributed by atoms with van der Waals surface area (Å²) in [4.78, 5) is 36.8. The molecule has 0 bridgehead atoms. The van der Waals surface area contributed by atoms with Gasteiger partial charge in [0.1, 0.15) is 17.2 Å². The standard InChI is InChI=1S/C22H20N4O3/c27-21(17-5-4-8-19(15-17)29-18-6-2-1-3-7-18)25-11-13-26(14-12-25)22(28)20-16-23-9-10-24-20/h1-10,15-16H,11-14H2. The molecule has 1 saturated heterocycles. The highest BCUT2D eigenvalue weighted by molar-refractivity contribution is 5.95. The van der Waals surface area contributed by atoms with E-state index < -0.39 is 0 Å². The molecule has 0 unspecified atom stereocenters. The zero-order valence-electron chi connectivity index (χ0n) is 15.8. The molecule has 0 aliphatic carbocycles. The van der Waals surface area contributed by atoms with Gasteiger partial charge in [-0.2, -0.15) is 0 Å². The van der Waals surface area contributed by atoms with Crippen LogP contribution in [0.5, 0.6) is 11.5 Å². The zero-order valence-corrected chi connectivity index (χ0v) is 15.8. The summed E-state index contributed by atoms with van der Waals surface area (Å²) in [5.41, 5.74) is 0.880. The summed E-state index contributed by atoms with van der Waals surface area (Å²) in [6.45, 7) is 1.85. The Morgan fingerprint density at radius 2 is 1.48 bits per heavy atom. The first-order chi connectivity index (χ1) is 14.2. The van der Waals surface area contributed by atoms with Gasteiger partial charge >= 0.3 is 0 Å². The number of ether oxygens (including phenoxy) is 1. The van der Waals surface area contributed by atoms with Crippen molar-refractivity contribution in [3.05, 3.63) is 84.4 Å². The van der Waals surface area contributed by atoms with Gasteiger partial charge in [-0.15, -0.1) is 0 Å². The first-order valence-electron chi connectivity index (χ1n) is 9.38. The van der Waals surface area contributed by atoms with E-state index in [1.165, 1.54) is 18.6 Å². The molecule has 7 heteroatoms. The molecular formula is C22H20N4O3. The molecule has 0 atom stereocenters. The second-order valence-electron chi connectivity index (χ2n) is 6.62. The third-order valence-corrected chi connectivity index (χ3v) is 4.70. The molecule has 0 spiro atoms. The Labute approximate surface area is 168 Å². The Morgan fingerprint density at radius 1 is 0.793 bits per heavy atom. The van der Waals surface area contributed by atoms with Gasteiger partial charge in [0.25, 0.3) is 11.8 Å². The highest BCUT2D eigenvalue weighted by Gasteiger charge is 2.26. The Kier molecular flexibility index (Phi) is 5.47. The number of benzene rings is 2. The number of para-hydroxylation sites is 1. The number of piperazine rings is 1. The number of rotatable bonds is 4. The second-order valence-corrected chi connectivity index (χ2v) is 6.62. The highest BCUT2D eigenvalue weighted by atomic mass is 16.5. The Morgan fingerprint density at radius 3 is 2.17 bits per heavy atom. The third kappa shape index (κ3) is 4.40. The van der Waals surface area contributed by atoms with E-state index in [1.54, 1.807) is 28.0 Å². The first kappa shape index (κ1) is 18.6. The van der Waals surface area contributed by atoms with E-state index in [9.17, 15) is 9.59 Å². The largest absolute Gasteiger partial charge is 0.457 e. The number of hydrogen-bond donors (Lipinski definition) is 0. The average molecular weight is 388 g/mol. The van der Waals surface area contributed by atoms with Crippen LogP contribution in [0.1, 0.15) is 20.8 Å². The summed E-state index contributed by atoms with van der Waals surface area (Å²) < 4.78 is 5.82. The van der Waals surface area contributed by atoms with Crippen LogP contribution >= 0.6 is 0 Å². The first-order valence-corrected chi connectivity index (χ1v) is 9.38. The lowest BCUT2D eigenvalue weighted by atomic mass is 10.1. The lowest BCUT2D eigenvalue weighted by molar-refractivity contribution is 0.0532. The molecule has 1 aliphatic heterocycles. The number of aromatic nitrogens is 2. The van der Waals surface area contributed by atoms with Gasteiger partial charge in [0, 0.05) is 44.1 Å². The molecule has 146 valence electrons. The van der Waals surface area contributed by atoms with E-state index in [0.717, 1.165) is 0 Å². The van der Waals surface area contributed by atoms with Crippen molar-refractivity contribution in [2.75, 3.05) is 26.2 Å². The Hall–Kier alpha value is -3.74. The van der Waals surface area contributed by atoms with Crippen LogP contribution in [0.2, 0.25) is 0 Å². The fourth-order valence-electron chi connectivity index (χ4n) is 3.18. The molecule has 3 aromatic rings. The minimum absolute atomic E-state index is 0.0740. The Bertz CT molecular complexity index is 987. The van der Waals surface area contributed by atoms with Crippen LogP contribution in [0.4, 0.5) is 0 Å². The smallest absolute Gasteiger partial charge is 0.274 e. The van der Waals surface area contributed by atoms with Gasteiger partial charge in [-0.25, -0.2) is 4.98 Å². The molecule has 2 heterocycles. The molecule has 29 heavy (non-hydrogen) atoms. The topological polar surface area (TPSA) is 75.6 Å². The van der Waals surface area contributed by atoms with Crippen molar-refractivity contribution in [2.24, 2.45) is 0 Å². The molecular weight excluding hydrogens is 368 g/mol. The van der Waals surface area contributed by atoms with E-state index in [-0.39, 0.29) is 11.8 Å². The number of amides is 2. The van der Waals surface area contributed by atoms with Gasteiger partial charge in [0.15, 0.2) is 0 Å². The van der Waals surface area contributed by atoms with E-state index in [1.807, 2.05) is 36.4 Å². The fourth-order valence-corrected chi connectivity index (χ4v) is 3.18. The maximum absolute atomic E-state index is 12.9. The van der Waals surface area contributed by atoms with E-state index in [0.29, 0.717) is 48.9 Å². The number of hydrogen-bond acceptors (Lipinski definition) is 5. The molecule has 7 nitrogen and oxygen atoms in total. The fraction of sp³-hybridized carbons (Fsp3) is 0.182. The van der Waals surface area contributed by atoms with Crippen molar-refractivity contribution in [1.29, 1.82) is 0 Å². The number of carbonyl (C=O) groups excluding carboxylic acids is 2. The van der Waals surface area contributed by atoms with Crippen LogP contribution in [0.25, 0.3) is 0 Å². The summed E-state index contributed by atoms with van der Waals surface area (Å²) >= 11 is 0. The van der Waals surface area contributed by atoms with Crippen LogP contribution < -0.4 is 4.74 Å². The predicted octanol–water partition coefficient (Wildman–Crippen LogP) is 2.87. The molecule has 2 aromatic carbocycles. The molecule has 1 aliphatic rings. The quantitative estimate of drug-likeness (QED) is 0.687. The van der Waals surface area contributed by atoms with Crippen LogP contribution in [-0.2, 0) is 0 Å². The number of nitrogens with zero attached hydrogens (tertiary/aromatic N) is 4. The minimum Gasteiger partial charge on any atom is -0.457 e. The van der Waals surface area contributed by atoms with Gasteiger partial charge < -0.3 is 14.5 Å². The van der Waals surface area contributed by atoms with Crippen LogP contribution in [0.15, 0.2) is 73.2 Å². The Balaban J connectivity index is 1.38. The van der Waals surface area contributed by atoms with Crippen molar-refractivity contribution >= 4 is 11.8 Å². The van der Waals surface area contributed by atoms with Gasteiger partial charge in [-0.3, -0.25) is 14.6 Å². The SMILES string of the molecule is O=C(c1cccc(Oc2ccccc2)c1)N1CCN(C(=O)c2cnccn2)CC1. The molecule has 2 amide bonds. The van der Waals surface area contributed by atoms with Crippen LogP contribution in [0.3, 0.4) is 0 Å².